The van der Waals surface area contributed by atoms with Crippen molar-refractivity contribution in [1.29, 1.82) is 0 Å². The Morgan fingerprint density at radius 2 is 2.30 bits per heavy atom. The van der Waals surface area contributed by atoms with Crippen LogP contribution in [0.25, 0.3) is 0 Å². The summed E-state index contributed by atoms with van der Waals surface area (Å²) in [5, 5.41) is 6.24. The number of carbonyl (C=O) groups excluding carboxylic acids is 1. The van der Waals surface area contributed by atoms with Crippen LogP contribution in [-0.4, -0.2) is 29.0 Å². The maximum Gasteiger partial charge on any atom is 0.317 e. The highest BCUT2D eigenvalue weighted by Gasteiger charge is 2.20. The third-order valence-electron chi connectivity index (χ3n) is 3.26. The van der Waals surface area contributed by atoms with E-state index in [1.165, 1.54) is 4.88 Å². The van der Waals surface area contributed by atoms with E-state index in [-0.39, 0.29) is 6.03 Å². The zero-order valence-electron chi connectivity index (χ0n) is 11.0. The minimum absolute atomic E-state index is 0.0160. The molecule has 20 heavy (non-hydrogen) atoms. The lowest BCUT2D eigenvalue weighted by Crippen LogP contribution is -2.27. The second kappa shape index (κ2) is 5.92. The van der Waals surface area contributed by atoms with Crippen molar-refractivity contribution in [1.82, 2.24) is 15.2 Å². The van der Waals surface area contributed by atoms with Crippen LogP contribution < -0.4 is 10.6 Å². The van der Waals surface area contributed by atoms with E-state index in [9.17, 15) is 4.79 Å². The molecular formula is C14H16N4OS. The van der Waals surface area contributed by atoms with Gasteiger partial charge in [-0.25, -0.2) is 4.79 Å². The van der Waals surface area contributed by atoms with E-state index in [4.69, 9.17) is 0 Å². The highest BCUT2D eigenvalue weighted by atomic mass is 32.1. The number of urea groups is 1. The summed E-state index contributed by atoms with van der Waals surface area (Å²) < 4.78 is 0. The zero-order valence-corrected chi connectivity index (χ0v) is 11.8. The molecule has 2 aromatic rings. The van der Waals surface area contributed by atoms with Gasteiger partial charge in [0.05, 0.1) is 12.1 Å². The first-order valence-electron chi connectivity index (χ1n) is 6.55. The van der Waals surface area contributed by atoms with Crippen molar-refractivity contribution in [3.8, 4) is 0 Å². The van der Waals surface area contributed by atoms with E-state index >= 15 is 0 Å². The molecule has 6 heteroatoms. The summed E-state index contributed by atoms with van der Waals surface area (Å²) in [6.45, 7) is 2.89. The SMILES string of the molecule is O=C1NCCN1Cc1ccccc1NCc1cncs1. The average molecular weight is 288 g/mol. The van der Waals surface area contributed by atoms with Crippen LogP contribution in [0.1, 0.15) is 10.4 Å². The van der Waals surface area contributed by atoms with Gasteiger partial charge in [0, 0.05) is 36.4 Å². The van der Waals surface area contributed by atoms with Gasteiger partial charge in [-0.05, 0) is 11.6 Å². The molecule has 0 aliphatic carbocycles. The molecule has 0 bridgehead atoms. The van der Waals surface area contributed by atoms with Gasteiger partial charge < -0.3 is 15.5 Å². The third-order valence-corrected chi connectivity index (χ3v) is 4.04. The van der Waals surface area contributed by atoms with E-state index in [0.29, 0.717) is 6.54 Å². The Morgan fingerprint density at radius 3 is 3.05 bits per heavy atom. The van der Waals surface area contributed by atoms with Gasteiger partial charge in [-0.2, -0.15) is 0 Å². The first-order chi connectivity index (χ1) is 9.83. The van der Waals surface area contributed by atoms with Gasteiger partial charge in [-0.3, -0.25) is 4.98 Å². The largest absolute Gasteiger partial charge is 0.380 e. The Bertz CT molecular complexity index is 585. The van der Waals surface area contributed by atoms with Crippen LogP contribution in [0, 0.1) is 0 Å². The summed E-state index contributed by atoms with van der Waals surface area (Å²) in [4.78, 5) is 18.7. The number of nitrogens with one attached hydrogen (secondary N) is 2. The molecule has 1 aliphatic rings. The van der Waals surface area contributed by atoms with Crippen molar-refractivity contribution in [3.05, 3.63) is 46.4 Å². The predicted molar refractivity (Wildman–Crippen MR) is 79.7 cm³/mol. The fraction of sp³-hybridized carbons (Fsp3) is 0.286. The molecule has 104 valence electrons. The molecule has 0 spiro atoms. The van der Waals surface area contributed by atoms with Gasteiger partial charge in [-0.1, -0.05) is 18.2 Å². The molecule has 1 saturated heterocycles. The normalized spacial score (nSPS) is 14.4. The van der Waals surface area contributed by atoms with E-state index in [0.717, 1.165) is 30.9 Å². The Morgan fingerprint density at radius 1 is 1.40 bits per heavy atom. The summed E-state index contributed by atoms with van der Waals surface area (Å²) in [5.41, 5.74) is 4.03. The number of rotatable bonds is 5. The first kappa shape index (κ1) is 12.9. The van der Waals surface area contributed by atoms with Crippen molar-refractivity contribution in [2.45, 2.75) is 13.1 Å². The van der Waals surface area contributed by atoms with Crippen LogP contribution in [0.15, 0.2) is 36.0 Å². The Hall–Kier alpha value is -2.08. The Labute approximate surface area is 121 Å². The number of amides is 2. The predicted octanol–water partition coefficient (Wildman–Crippen LogP) is 2.28. The maximum atomic E-state index is 11.6. The molecule has 2 N–H and O–H groups in total. The Balaban J connectivity index is 1.69. The van der Waals surface area contributed by atoms with Crippen LogP contribution in [-0.2, 0) is 13.1 Å². The zero-order chi connectivity index (χ0) is 13.8. The van der Waals surface area contributed by atoms with Gasteiger partial charge in [-0.15, -0.1) is 11.3 Å². The van der Waals surface area contributed by atoms with E-state index in [2.05, 4.69) is 21.7 Å². The number of para-hydroxylation sites is 1. The molecule has 1 aromatic carbocycles. The number of nitrogens with zero attached hydrogens (tertiary/aromatic N) is 2. The molecule has 0 saturated carbocycles. The molecule has 0 unspecified atom stereocenters. The second-order valence-electron chi connectivity index (χ2n) is 4.63. The fourth-order valence-corrected chi connectivity index (χ4v) is 2.74. The van der Waals surface area contributed by atoms with Crippen molar-refractivity contribution in [3.63, 3.8) is 0 Å². The quantitative estimate of drug-likeness (QED) is 0.887. The number of hydrogen-bond acceptors (Lipinski definition) is 4. The van der Waals surface area contributed by atoms with Crippen LogP contribution in [0.5, 0.6) is 0 Å². The van der Waals surface area contributed by atoms with Crippen LogP contribution in [0.4, 0.5) is 10.5 Å². The molecular weight excluding hydrogens is 272 g/mol. The topological polar surface area (TPSA) is 57.3 Å². The first-order valence-corrected chi connectivity index (χ1v) is 7.43. The van der Waals surface area contributed by atoms with Crippen molar-refractivity contribution < 1.29 is 4.79 Å². The number of hydrogen-bond donors (Lipinski definition) is 2. The lowest BCUT2D eigenvalue weighted by Gasteiger charge is -2.17. The molecule has 1 aromatic heterocycles. The molecule has 5 nitrogen and oxygen atoms in total. The summed E-state index contributed by atoms with van der Waals surface area (Å²) in [7, 11) is 0. The number of aromatic nitrogens is 1. The average Bonchev–Trinajstić information content (AvgIpc) is 3.11. The summed E-state index contributed by atoms with van der Waals surface area (Å²) >= 11 is 1.63. The molecule has 1 fully saturated rings. The molecule has 3 rings (SSSR count). The lowest BCUT2D eigenvalue weighted by atomic mass is 10.1. The van der Waals surface area contributed by atoms with Crippen LogP contribution in [0.2, 0.25) is 0 Å². The highest BCUT2D eigenvalue weighted by molar-refractivity contribution is 7.09. The standard InChI is InChI=1S/C14H16N4OS/c19-14-16-5-6-18(14)9-11-3-1-2-4-13(11)17-8-12-7-15-10-20-12/h1-4,7,10,17H,5-6,8-9H2,(H,16,19). The van der Waals surface area contributed by atoms with Gasteiger partial charge in [0.1, 0.15) is 0 Å². The summed E-state index contributed by atoms with van der Waals surface area (Å²) in [6.07, 6.45) is 1.87. The lowest BCUT2D eigenvalue weighted by molar-refractivity contribution is 0.215. The molecule has 0 atom stereocenters. The molecule has 0 radical (unpaired) electrons. The van der Waals surface area contributed by atoms with Crippen molar-refractivity contribution in [2.75, 3.05) is 18.4 Å². The number of thiazole rings is 1. The minimum Gasteiger partial charge on any atom is -0.380 e. The Kier molecular flexibility index (Phi) is 3.83. The van der Waals surface area contributed by atoms with Crippen LogP contribution in [0.3, 0.4) is 0 Å². The van der Waals surface area contributed by atoms with E-state index < -0.39 is 0 Å². The smallest absolute Gasteiger partial charge is 0.317 e. The second-order valence-corrected chi connectivity index (χ2v) is 5.60. The minimum atomic E-state index is 0.0160. The van der Waals surface area contributed by atoms with Crippen molar-refractivity contribution in [2.24, 2.45) is 0 Å². The maximum absolute atomic E-state index is 11.6. The molecule has 1 aliphatic heterocycles. The van der Waals surface area contributed by atoms with Gasteiger partial charge in [0.25, 0.3) is 0 Å². The number of anilines is 1. The number of carbonyl (C=O) groups is 1. The molecule has 2 amide bonds. The van der Waals surface area contributed by atoms with Gasteiger partial charge in [0.15, 0.2) is 0 Å². The van der Waals surface area contributed by atoms with Crippen molar-refractivity contribution >= 4 is 23.1 Å². The molecule has 2 heterocycles. The van der Waals surface area contributed by atoms with Crippen LogP contribution >= 0.6 is 11.3 Å². The third kappa shape index (κ3) is 2.91. The number of benzene rings is 1. The summed E-state index contributed by atoms with van der Waals surface area (Å²) in [6, 6.07) is 8.12. The van der Waals surface area contributed by atoms with Gasteiger partial charge >= 0.3 is 6.03 Å². The fourth-order valence-electron chi connectivity index (χ4n) is 2.21. The van der Waals surface area contributed by atoms with Gasteiger partial charge in [0.2, 0.25) is 0 Å². The van der Waals surface area contributed by atoms with E-state index in [1.807, 2.05) is 34.8 Å². The van der Waals surface area contributed by atoms with E-state index in [1.54, 1.807) is 11.3 Å². The highest BCUT2D eigenvalue weighted by Crippen LogP contribution is 2.19. The monoisotopic (exact) mass is 288 g/mol. The summed E-state index contributed by atoms with van der Waals surface area (Å²) in [5.74, 6) is 0.